The summed E-state index contributed by atoms with van der Waals surface area (Å²) in [6, 6.07) is 8.75. The van der Waals surface area contributed by atoms with Crippen LogP contribution in [-0.2, 0) is 11.2 Å². The minimum absolute atomic E-state index is 0.0712. The lowest BCUT2D eigenvalue weighted by Crippen LogP contribution is -2.47. The Morgan fingerprint density at radius 1 is 1.16 bits per heavy atom. The Morgan fingerprint density at radius 3 is 2.53 bits per heavy atom. The molecule has 1 atom stereocenters. The van der Waals surface area contributed by atoms with Gasteiger partial charge in [0, 0.05) is 25.2 Å². The van der Waals surface area contributed by atoms with Crippen molar-refractivity contribution in [2.45, 2.75) is 32.7 Å². The Kier molecular flexibility index (Phi) is 7.56. The van der Waals surface area contributed by atoms with Gasteiger partial charge in [-0.25, -0.2) is 9.18 Å². The first kappa shape index (κ1) is 23.4. The Hall–Kier alpha value is -3.29. The molecule has 8 heteroatoms. The van der Waals surface area contributed by atoms with E-state index in [9.17, 15) is 14.0 Å². The molecule has 172 valence electrons. The van der Waals surface area contributed by atoms with Gasteiger partial charge in [-0.15, -0.1) is 0 Å². The number of anilines is 1. The van der Waals surface area contributed by atoms with E-state index in [1.165, 1.54) is 18.2 Å². The molecule has 1 unspecified atom stereocenters. The summed E-state index contributed by atoms with van der Waals surface area (Å²) < 4.78 is 24.4. The maximum absolute atomic E-state index is 13.6. The van der Waals surface area contributed by atoms with Gasteiger partial charge >= 0.3 is 6.03 Å². The molecule has 2 N–H and O–H groups in total. The predicted molar refractivity (Wildman–Crippen MR) is 121 cm³/mol. The molecule has 0 aromatic heterocycles. The van der Waals surface area contributed by atoms with E-state index in [2.05, 4.69) is 10.6 Å². The third-order valence-electron chi connectivity index (χ3n) is 5.43. The van der Waals surface area contributed by atoms with Crippen molar-refractivity contribution >= 4 is 17.6 Å². The molecule has 0 saturated carbocycles. The zero-order valence-corrected chi connectivity index (χ0v) is 18.9. The van der Waals surface area contributed by atoms with Crippen molar-refractivity contribution in [2.24, 2.45) is 5.92 Å². The SMILES string of the molecule is COc1cc2c(cc1OC)C(CNC(=O)CC(C)C)N(C(=O)Nc1cccc(F)c1)CC2. The summed E-state index contributed by atoms with van der Waals surface area (Å²) in [5.74, 6) is 0.897. The summed E-state index contributed by atoms with van der Waals surface area (Å²) in [7, 11) is 3.14. The summed E-state index contributed by atoms with van der Waals surface area (Å²) in [6.45, 7) is 4.65. The van der Waals surface area contributed by atoms with E-state index in [1.54, 1.807) is 25.2 Å². The third kappa shape index (κ3) is 5.49. The smallest absolute Gasteiger partial charge is 0.322 e. The molecule has 0 spiro atoms. The quantitative estimate of drug-likeness (QED) is 0.674. The maximum atomic E-state index is 13.6. The minimum Gasteiger partial charge on any atom is -0.493 e. The first-order chi connectivity index (χ1) is 15.3. The van der Waals surface area contributed by atoms with Crippen LogP contribution < -0.4 is 20.1 Å². The van der Waals surface area contributed by atoms with Crippen LogP contribution in [0.25, 0.3) is 0 Å². The molecule has 2 aromatic carbocycles. The number of methoxy groups -OCH3 is 2. The number of hydrogen-bond donors (Lipinski definition) is 2. The van der Waals surface area contributed by atoms with E-state index < -0.39 is 11.9 Å². The van der Waals surface area contributed by atoms with E-state index in [1.807, 2.05) is 26.0 Å². The number of amides is 3. The van der Waals surface area contributed by atoms with Gasteiger partial charge < -0.3 is 25.0 Å². The van der Waals surface area contributed by atoms with Gasteiger partial charge in [-0.3, -0.25) is 4.79 Å². The van der Waals surface area contributed by atoms with Gasteiger partial charge in [0.1, 0.15) is 5.82 Å². The van der Waals surface area contributed by atoms with Crippen molar-refractivity contribution in [3.63, 3.8) is 0 Å². The summed E-state index contributed by atoms with van der Waals surface area (Å²) in [5, 5.41) is 5.72. The highest BCUT2D eigenvalue weighted by atomic mass is 19.1. The molecule has 1 aliphatic rings. The zero-order chi connectivity index (χ0) is 23.3. The van der Waals surface area contributed by atoms with Gasteiger partial charge in [0.2, 0.25) is 5.91 Å². The van der Waals surface area contributed by atoms with Crippen LogP contribution in [0.2, 0.25) is 0 Å². The van der Waals surface area contributed by atoms with Crippen LogP contribution in [0, 0.1) is 11.7 Å². The summed E-state index contributed by atoms with van der Waals surface area (Å²) >= 11 is 0. The summed E-state index contributed by atoms with van der Waals surface area (Å²) in [6.07, 6.45) is 1.02. The van der Waals surface area contributed by atoms with Crippen molar-refractivity contribution in [3.8, 4) is 11.5 Å². The second-order valence-corrected chi connectivity index (χ2v) is 8.21. The molecule has 1 heterocycles. The first-order valence-electron chi connectivity index (χ1n) is 10.7. The van der Waals surface area contributed by atoms with E-state index in [0.717, 1.165) is 11.1 Å². The molecular formula is C24H30FN3O4. The highest BCUT2D eigenvalue weighted by molar-refractivity contribution is 5.90. The summed E-state index contributed by atoms with van der Waals surface area (Å²) in [4.78, 5) is 27.1. The number of hydrogen-bond acceptors (Lipinski definition) is 4. The molecule has 2 aromatic rings. The molecule has 1 aliphatic heterocycles. The number of nitrogens with one attached hydrogen (secondary N) is 2. The number of halogens is 1. The standard InChI is InChI=1S/C24H30FN3O4/c1-15(2)10-23(29)26-14-20-19-13-22(32-4)21(31-3)11-16(19)8-9-28(20)24(30)27-18-7-5-6-17(25)12-18/h5-7,11-13,15,20H,8-10,14H2,1-4H3,(H,26,29)(H,27,30). The number of nitrogens with zero attached hydrogens (tertiary/aromatic N) is 1. The second-order valence-electron chi connectivity index (χ2n) is 8.21. The molecule has 0 fully saturated rings. The molecule has 0 radical (unpaired) electrons. The monoisotopic (exact) mass is 443 g/mol. The topological polar surface area (TPSA) is 79.9 Å². The number of fused-ring (bicyclic) bond motifs is 1. The van der Waals surface area contributed by atoms with Crippen molar-refractivity contribution in [3.05, 3.63) is 53.3 Å². The van der Waals surface area contributed by atoms with Crippen LogP contribution in [0.1, 0.15) is 37.4 Å². The van der Waals surface area contributed by atoms with Crippen molar-refractivity contribution in [1.29, 1.82) is 0 Å². The third-order valence-corrected chi connectivity index (χ3v) is 5.43. The molecule has 3 amide bonds. The fourth-order valence-corrected chi connectivity index (χ4v) is 3.91. The van der Waals surface area contributed by atoms with Crippen molar-refractivity contribution in [2.75, 3.05) is 32.6 Å². The maximum Gasteiger partial charge on any atom is 0.322 e. The van der Waals surface area contributed by atoms with Gasteiger partial charge in [0.25, 0.3) is 0 Å². The number of carbonyl (C=O) groups excluding carboxylic acids is 2. The largest absolute Gasteiger partial charge is 0.493 e. The van der Waals surface area contributed by atoms with Gasteiger partial charge in [-0.1, -0.05) is 19.9 Å². The van der Waals surface area contributed by atoms with E-state index in [4.69, 9.17) is 9.47 Å². The van der Waals surface area contributed by atoms with Crippen LogP contribution in [0.4, 0.5) is 14.9 Å². The van der Waals surface area contributed by atoms with E-state index in [-0.39, 0.29) is 24.4 Å². The van der Waals surface area contributed by atoms with Crippen LogP contribution in [-0.4, -0.2) is 44.1 Å². The van der Waals surface area contributed by atoms with Crippen LogP contribution in [0.15, 0.2) is 36.4 Å². The second kappa shape index (κ2) is 10.3. The minimum atomic E-state index is -0.430. The molecule has 3 rings (SSSR count). The molecule has 7 nitrogen and oxygen atoms in total. The Labute approximate surface area is 187 Å². The predicted octanol–water partition coefficient (Wildman–Crippen LogP) is 4.14. The number of benzene rings is 2. The van der Waals surface area contributed by atoms with Crippen LogP contribution in [0.3, 0.4) is 0 Å². The molecule has 0 aliphatic carbocycles. The van der Waals surface area contributed by atoms with Crippen LogP contribution >= 0.6 is 0 Å². The highest BCUT2D eigenvalue weighted by Gasteiger charge is 2.32. The Balaban J connectivity index is 1.89. The molecule has 32 heavy (non-hydrogen) atoms. The van der Waals surface area contributed by atoms with Gasteiger partial charge in [-0.05, 0) is 53.8 Å². The van der Waals surface area contributed by atoms with Crippen molar-refractivity contribution < 1.29 is 23.5 Å². The lowest BCUT2D eigenvalue weighted by atomic mass is 9.91. The van der Waals surface area contributed by atoms with Gasteiger partial charge in [0.15, 0.2) is 11.5 Å². The van der Waals surface area contributed by atoms with Crippen LogP contribution in [0.5, 0.6) is 11.5 Å². The number of urea groups is 1. The zero-order valence-electron chi connectivity index (χ0n) is 18.9. The number of ether oxygens (including phenoxy) is 2. The van der Waals surface area contributed by atoms with Crippen molar-refractivity contribution in [1.82, 2.24) is 10.2 Å². The van der Waals surface area contributed by atoms with E-state index >= 15 is 0 Å². The van der Waals surface area contributed by atoms with Gasteiger partial charge in [-0.2, -0.15) is 0 Å². The normalized spacial score (nSPS) is 15.2. The molecule has 0 saturated heterocycles. The summed E-state index contributed by atoms with van der Waals surface area (Å²) in [5.41, 5.74) is 2.28. The van der Waals surface area contributed by atoms with Gasteiger partial charge in [0.05, 0.1) is 20.3 Å². The lowest BCUT2D eigenvalue weighted by Gasteiger charge is -2.38. The highest BCUT2D eigenvalue weighted by Crippen LogP contribution is 2.38. The fraction of sp³-hybridized carbons (Fsp3) is 0.417. The Bertz CT molecular complexity index is 980. The average molecular weight is 444 g/mol. The number of carbonyl (C=O) groups is 2. The lowest BCUT2D eigenvalue weighted by molar-refractivity contribution is -0.122. The Morgan fingerprint density at radius 2 is 1.88 bits per heavy atom. The first-order valence-corrected chi connectivity index (χ1v) is 10.7. The fourth-order valence-electron chi connectivity index (χ4n) is 3.91. The van der Waals surface area contributed by atoms with E-state index in [0.29, 0.717) is 36.6 Å². The number of rotatable bonds is 7. The average Bonchev–Trinajstić information content (AvgIpc) is 2.75. The molecular weight excluding hydrogens is 413 g/mol. The molecule has 0 bridgehead atoms.